The van der Waals surface area contributed by atoms with E-state index >= 15 is 0 Å². The number of halogens is 1. The molecule has 208 valence electrons. The largest absolute Gasteiger partial charge is 0.341 e. The summed E-state index contributed by atoms with van der Waals surface area (Å²) in [6.45, 7) is 2.09. The molecule has 2 aliphatic rings. The Morgan fingerprint density at radius 3 is 2.41 bits per heavy atom. The van der Waals surface area contributed by atoms with Crippen molar-refractivity contribution in [2.24, 2.45) is 5.73 Å². The lowest BCUT2D eigenvalue weighted by Gasteiger charge is -2.35. The summed E-state index contributed by atoms with van der Waals surface area (Å²) in [5.41, 5.74) is 7.21. The molecule has 3 amide bonds. The van der Waals surface area contributed by atoms with E-state index in [2.05, 4.69) is 10.0 Å². The maximum Gasteiger partial charge on any atom is 0.247 e. The molecule has 1 aromatic rings. The lowest BCUT2D eigenvalue weighted by atomic mass is 10.0. The van der Waals surface area contributed by atoms with E-state index in [1.165, 1.54) is 0 Å². The lowest BCUT2D eigenvalue weighted by Crippen LogP contribution is -2.60. The molecule has 0 spiro atoms. The third-order valence-electron chi connectivity index (χ3n) is 6.73. The van der Waals surface area contributed by atoms with E-state index in [9.17, 15) is 22.8 Å². The number of hydrogen-bond acceptors (Lipinski definition) is 7. The first-order valence-corrected chi connectivity index (χ1v) is 14.7. The van der Waals surface area contributed by atoms with Gasteiger partial charge in [0.05, 0.1) is 18.3 Å². The number of hydrogen-bond donors (Lipinski definition) is 3. The van der Waals surface area contributed by atoms with Gasteiger partial charge in [-0.05, 0) is 63.5 Å². The SMILES string of the molecule is CS(=O)(=O)NCCCCC(C(=O)N1CCCC1)N(C(=O)[C@@H]1CCCN1)C(=O)[C@@H](N)Cc1ccccc1.Cl. The molecule has 3 rings (SSSR count). The molecule has 10 nitrogen and oxygen atoms in total. The summed E-state index contributed by atoms with van der Waals surface area (Å²) in [6.07, 6.45) is 5.73. The number of rotatable bonds is 12. The van der Waals surface area contributed by atoms with Crippen molar-refractivity contribution in [3.63, 3.8) is 0 Å². The molecule has 4 N–H and O–H groups in total. The van der Waals surface area contributed by atoms with Crippen molar-refractivity contribution >= 4 is 40.2 Å². The Morgan fingerprint density at radius 1 is 1.14 bits per heavy atom. The van der Waals surface area contributed by atoms with Gasteiger partial charge in [-0.25, -0.2) is 13.1 Å². The Kier molecular flexibility index (Phi) is 12.4. The Balaban J connectivity index is 0.00000481. The van der Waals surface area contributed by atoms with E-state index in [0.717, 1.165) is 36.0 Å². The normalized spacial score (nSPS) is 19.2. The van der Waals surface area contributed by atoms with E-state index in [0.29, 0.717) is 38.9 Å². The first kappa shape index (κ1) is 31.2. The van der Waals surface area contributed by atoms with Crippen LogP contribution in [0.25, 0.3) is 0 Å². The van der Waals surface area contributed by atoms with Gasteiger partial charge in [-0.3, -0.25) is 19.3 Å². The number of amides is 3. The number of carbonyl (C=O) groups is 3. The number of unbranched alkanes of at least 4 members (excludes halogenated alkanes) is 1. The summed E-state index contributed by atoms with van der Waals surface area (Å²) < 4.78 is 25.2. The van der Waals surface area contributed by atoms with E-state index in [-0.39, 0.29) is 37.7 Å². The van der Waals surface area contributed by atoms with Gasteiger partial charge in [0.2, 0.25) is 27.7 Å². The molecule has 12 heteroatoms. The van der Waals surface area contributed by atoms with Crippen molar-refractivity contribution in [2.45, 2.75) is 69.5 Å². The third kappa shape index (κ3) is 9.33. The molecule has 3 atom stereocenters. The highest BCUT2D eigenvalue weighted by Crippen LogP contribution is 2.21. The van der Waals surface area contributed by atoms with Crippen molar-refractivity contribution in [1.82, 2.24) is 19.8 Å². The van der Waals surface area contributed by atoms with Crippen LogP contribution in [0.1, 0.15) is 50.5 Å². The van der Waals surface area contributed by atoms with Crippen molar-refractivity contribution < 1.29 is 22.8 Å². The number of nitrogens with two attached hydrogens (primary N) is 1. The molecule has 0 bridgehead atoms. The van der Waals surface area contributed by atoms with Crippen molar-refractivity contribution in [3.8, 4) is 0 Å². The summed E-state index contributed by atoms with van der Waals surface area (Å²) in [6, 6.07) is 6.88. The summed E-state index contributed by atoms with van der Waals surface area (Å²) in [5.74, 6) is -1.20. The van der Waals surface area contributed by atoms with Crippen LogP contribution in [0.5, 0.6) is 0 Å². The Labute approximate surface area is 226 Å². The zero-order valence-electron chi connectivity index (χ0n) is 21.4. The molecule has 2 fully saturated rings. The molecule has 2 saturated heterocycles. The first-order chi connectivity index (χ1) is 17.2. The fourth-order valence-electron chi connectivity index (χ4n) is 4.84. The van der Waals surface area contributed by atoms with Crippen LogP contribution in [-0.4, -0.2) is 86.5 Å². The fraction of sp³-hybridized carbons (Fsp3) is 0.640. The molecular weight excluding hydrogens is 518 g/mol. The van der Waals surface area contributed by atoms with Crippen LogP contribution in [0.4, 0.5) is 0 Å². The molecule has 1 aromatic carbocycles. The lowest BCUT2D eigenvalue weighted by molar-refractivity contribution is -0.156. The quantitative estimate of drug-likeness (QED) is 0.323. The number of sulfonamides is 1. The second-order valence-electron chi connectivity index (χ2n) is 9.70. The fourth-order valence-corrected chi connectivity index (χ4v) is 5.36. The Hall–Kier alpha value is -2.05. The van der Waals surface area contributed by atoms with Gasteiger partial charge >= 0.3 is 0 Å². The van der Waals surface area contributed by atoms with Gasteiger partial charge in [-0.1, -0.05) is 30.3 Å². The maximum atomic E-state index is 13.7. The standard InChI is InChI=1S/C25H39N5O5S.ClH/c1-36(34,35)28-15-6-5-13-22(25(33)29-16-7-8-17-29)30(24(32)21-12-9-14-27-21)23(31)20(26)18-19-10-3-2-4-11-19;/h2-4,10-11,20-22,27-28H,5-9,12-18,26H2,1H3;1H/t20-,21-,22?;/m0./s1. The number of imide groups is 1. The molecule has 2 heterocycles. The maximum absolute atomic E-state index is 13.7. The highest BCUT2D eigenvalue weighted by molar-refractivity contribution is 7.88. The van der Waals surface area contributed by atoms with Crippen molar-refractivity contribution in [3.05, 3.63) is 35.9 Å². The van der Waals surface area contributed by atoms with Crippen molar-refractivity contribution in [1.29, 1.82) is 0 Å². The van der Waals surface area contributed by atoms with Gasteiger partial charge in [-0.2, -0.15) is 0 Å². The number of nitrogens with one attached hydrogen (secondary N) is 2. The van der Waals surface area contributed by atoms with Crippen LogP contribution in [0.3, 0.4) is 0 Å². The first-order valence-electron chi connectivity index (χ1n) is 12.8. The number of nitrogens with zero attached hydrogens (tertiary/aromatic N) is 2. The second-order valence-corrected chi connectivity index (χ2v) is 11.5. The average molecular weight is 558 g/mol. The topological polar surface area (TPSA) is 142 Å². The molecule has 2 aliphatic heterocycles. The van der Waals surface area contributed by atoms with Gasteiger partial charge in [0.15, 0.2) is 0 Å². The smallest absolute Gasteiger partial charge is 0.247 e. The van der Waals surface area contributed by atoms with Crippen molar-refractivity contribution in [2.75, 3.05) is 32.4 Å². The van der Waals surface area contributed by atoms with Gasteiger partial charge in [0.1, 0.15) is 6.04 Å². The Morgan fingerprint density at radius 2 is 1.81 bits per heavy atom. The van der Waals surface area contributed by atoms with Gasteiger partial charge in [-0.15, -0.1) is 12.4 Å². The molecule has 0 saturated carbocycles. The van der Waals surface area contributed by atoms with E-state index in [1.54, 1.807) is 4.90 Å². The van der Waals surface area contributed by atoms with E-state index < -0.39 is 40.0 Å². The summed E-state index contributed by atoms with van der Waals surface area (Å²) in [7, 11) is -3.32. The number of likely N-dealkylation sites (tertiary alicyclic amines) is 1. The minimum absolute atomic E-state index is 0. The minimum atomic E-state index is -3.32. The van der Waals surface area contributed by atoms with E-state index in [1.807, 2.05) is 30.3 Å². The molecule has 0 aliphatic carbocycles. The molecular formula is C25H40ClN5O5S. The van der Waals surface area contributed by atoms with Crippen LogP contribution in [0.2, 0.25) is 0 Å². The van der Waals surface area contributed by atoms with E-state index in [4.69, 9.17) is 5.73 Å². The zero-order valence-corrected chi connectivity index (χ0v) is 23.1. The molecule has 0 radical (unpaired) electrons. The summed E-state index contributed by atoms with van der Waals surface area (Å²) in [4.78, 5) is 43.8. The molecule has 0 aromatic heterocycles. The average Bonchev–Trinajstić information content (AvgIpc) is 3.57. The van der Waals surface area contributed by atoms with Crippen LogP contribution in [0, 0.1) is 0 Å². The van der Waals surface area contributed by atoms with Crippen LogP contribution >= 0.6 is 12.4 Å². The van der Waals surface area contributed by atoms with Gasteiger partial charge < -0.3 is 16.0 Å². The third-order valence-corrected chi connectivity index (χ3v) is 7.46. The van der Waals surface area contributed by atoms with Gasteiger partial charge in [0.25, 0.3) is 0 Å². The van der Waals surface area contributed by atoms with Crippen LogP contribution in [-0.2, 0) is 30.8 Å². The number of benzene rings is 1. The zero-order chi connectivity index (χ0) is 26.1. The van der Waals surface area contributed by atoms with Crippen LogP contribution in [0.15, 0.2) is 30.3 Å². The predicted octanol–water partition coefficient (Wildman–Crippen LogP) is 0.796. The minimum Gasteiger partial charge on any atom is -0.341 e. The van der Waals surface area contributed by atoms with Gasteiger partial charge in [0, 0.05) is 19.6 Å². The number of carbonyl (C=O) groups excluding carboxylic acids is 3. The monoisotopic (exact) mass is 557 g/mol. The molecule has 1 unspecified atom stereocenters. The second kappa shape index (κ2) is 14.8. The molecule has 37 heavy (non-hydrogen) atoms. The summed E-state index contributed by atoms with van der Waals surface area (Å²) in [5, 5.41) is 3.15. The summed E-state index contributed by atoms with van der Waals surface area (Å²) >= 11 is 0. The highest BCUT2D eigenvalue weighted by atomic mass is 35.5. The highest BCUT2D eigenvalue weighted by Gasteiger charge is 2.42. The van der Waals surface area contributed by atoms with Crippen LogP contribution < -0.4 is 15.8 Å². The predicted molar refractivity (Wildman–Crippen MR) is 145 cm³/mol. The Bertz CT molecular complexity index is 998.